The molecule has 1 aliphatic rings. The fourth-order valence-electron chi connectivity index (χ4n) is 3.25. The van der Waals surface area contributed by atoms with Gasteiger partial charge < -0.3 is 14.5 Å². The van der Waals surface area contributed by atoms with E-state index < -0.39 is 40.4 Å². The number of ether oxygens (including phenoxy) is 2. The molecular weight excluding hydrogens is 397 g/mol. The van der Waals surface area contributed by atoms with Gasteiger partial charge in [-0.05, 0) is 43.0 Å². The number of nitro benzene ring substituents is 1. The summed E-state index contributed by atoms with van der Waals surface area (Å²) in [6.07, 6.45) is -3.91. The Balaban J connectivity index is 1.70. The Morgan fingerprint density at radius 2 is 1.90 bits per heavy atom. The number of pyridine rings is 1. The van der Waals surface area contributed by atoms with Crippen molar-refractivity contribution in [3.05, 3.63) is 68.1 Å². The van der Waals surface area contributed by atoms with Crippen molar-refractivity contribution in [2.45, 2.75) is 37.5 Å². The Bertz CT molecular complexity index is 971. The number of nitrogens with one attached hydrogen (secondary N) is 1. The Hall–Kier alpha value is -3.37. The molecule has 0 amide bonds. The Kier molecular flexibility index (Phi) is 5.57. The summed E-state index contributed by atoms with van der Waals surface area (Å²) in [7, 11) is 0. The number of aromatic amines is 1. The molecule has 8 nitrogen and oxygen atoms in total. The maximum absolute atomic E-state index is 13.0. The van der Waals surface area contributed by atoms with Crippen molar-refractivity contribution in [1.29, 1.82) is 0 Å². The molecule has 0 unspecified atom stereocenters. The summed E-state index contributed by atoms with van der Waals surface area (Å²) in [4.78, 5) is 35.6. The second-order valence-electron chi connectivity index (χ2n) is 6.47. The van der Waals surface area contributed by atoms with Gasteiger partial charge in [0.05, 0.1) is 4.92 Å². The molecular formula is C18H15F3N2O6. The first-order chi connectivity index (χ1) is 13.6. The van der Waals surface area contributed by atoms with Gasteiger partial charge in [-0.1, -0.05) is 0 Å². The van der Waals surface area contributed by atoms with Crippen LogP contribution in [0.1, 0.15) is 36.3 Å². The lowest BCUT2D eigenvalue weighted by molar-refractivity contribution is -0.384. The first-order valence-electron chi connectivity index (χ1n) is 8.58. The van der Waals surface area contributed by atoms with E-state index in [-0.39, 0.29) is 17.0 Å². The highest BCUT2D eigenvalue weighted by molar-refractivity contribution is 5.64. The van der Waals surface area contributed by atoms with Gasteiger partial charge in [0.2, 0.25) is 0 Å². The number of aromatic nitrogens is 1. The number of benzene rings is 1. The predicted molar refractivity (Wildman–Crippen MR) is 92.7 cm³/mol. The third-order valence-corrected chi connectivity index (χ3v) is 4.61. The van der Waals surface area contributed by atoms with Crippen LogP contribution < -0.4 is 10.3 Å². The lowest BCUT2D eigenvalue weighted by Crippen LogP contribution is -2.26. The zero-order chi connectivity index (χ0) is 21.2. The summed E-state index contributed by atoms with van der Waals surface area (Å²) >= 11 is 0. The van der Waals surface area contributed by atoms with E-state index in [1.807, 2.05) is 0 Å². The Morgan fingerprint density at radius 3 is 2.52 bits per heavy atom. The normalized spacial score (nSPS) is 19.0. The van der Waals surface area contributed by atoms with Crippen LogP contribution in [0.4, 0.5) is 23.7 Å². The van der Waals surface area contributed by atoms with Crippen LogP contribution >= 0.6 is 0 Å². The number of nitrogens with zero attached hydrogens (tertiary/aromatic N) is 1. The summed E-state index contributed by atoms with van der Waals surface area (Å²) in [5, 5.41) is 10.6. The molecule has 1 aliphatic carbocycles. The van der Waals surface area contributed by atoms with Crippen LogP contribution in [0.3, 0.4) is 0 Å². The van der Waals surface area contributed by atoms with Gasteiger partial charge in [0, 0.05) is 24.2 Å². The van der Waals surface area contributed by atoms with Crippen molar-refractivity contribution in [3.63, 3.8) is 0 Å². The number of hydrogen-bond acceptors (Lipinski definition) is 6. The molecule has 11 heteroatoms. The van der Waals surface area contributed by atoms with Gasteiger partial charge in [-0.2, -0.15) is 13.2 Å². The van der Waals surface area contributed by atoms with Crippen LogP contribution in [-0.4, -0.2) is 22.2 Å². The minimum atomic E-state index is -4.80. The van der Waals surface area contributed by atoms with Crippen molar-refractivity contribution in [3.8, 4) is 5.75 Å². The summed E-state index contributed by atoms with van der Waals surface area (Å²) in [6, 6.07) is 5.53. The van der Waals surface area contributed by atoms with E-state index in [2.05, 4.69) is 4.98 Å². The average molecular weight is 412 g/mol. The number of halogens is 3. The summed E-state index contributed by atoms with van der Waals surface area (Å²) in [5.74, 6) is -0.504. The van der Waals surface area contributed by atoms with E-state index in [9.17, 15) is 32.9 Å². The van der Waals surface area contributed by atoms with E-state index in [0.717, 1.165) is 18.2 Å². The number of H-pyrrole nitrogens is 1. The largest absolute Gasteiger partial charge is 0.514 e. The lowest BCUT2D eigenvalue weighted by Gasteiger charge is -2.20. The van der Waals surface area contributed by atoms with E-state index in [0.29, 0.717) is 19.3 Å². The van der Waals surface area contributed by atoms with Crippen molar-refractivity contribution in [2.24, 2.45) is 0 Å². The third kappa shape index (κ3) is 4.73. The van der Waals surface area contributed by atoms with Crippen LogP contribution in [0.2, 0.25) is 0 Å². The van der Waals surface area contributed by atoms with Crippen LogP contribution in [0, 0.1) is 10.1 Å². The monoisotopic (exact) mass is 412 g/mol. The number of nitro groups is 1. The molecule has 0 spiro atoms. The maximum atomic E-state index is 13.0. The molecule has 0 saturated heterocycles. The Labute approximate surface area is 161 Å². The molecule has 0 radical (unpaired) electrons. The molecule has 0 bridgehead atoms. The first-order valence-corrected chi connectivity index (χ1v) is 8.58. The highest BCUT2D eigenvalue weighted by atomic mass is 19.4. The SMILES string of the molecule is O=C(Oc1ccc([N+](=O)[O-])cc1)O[C@H]1CCC[C@@H]1c1c[nH]c(=O)c(C(F)(F)F)c1. The van der Waals surface area contributed by atoms with Gasteiger partial charge in [0.15, 0.2) is 0 Å². The molecule has 2 atom stereocenters. The zero-order valence-corrected chi connectivity index (χ0v) is 14.8. The smallest absolute Gasteiger partial charge is 0.430 e. The van der Waals surface area contributed by atoms with Crippen molar-refractivity contribution < 1.29 is 32.4 Å². The quantitative estimate of drug-likeness (QED) is 0.349. The minimum Gasteiger partial charge on any atom is -0.430 e. The number of hydrogen-bond donors (Lipinski definition) is 1. The van der Waals surface area contributed by atoms with Gasteiger partial charge in [-0.3, -0.25) is 14.9 Å². The van der Waals surface area contributed by atoms with Crippen molar-refractivity contribution in [1.82, 2.24) is 4.98 Å². The van der Waals surface area contributed by atoms with Crippen LogP contribution in [0.15, 0.2) is 41.3 Å². The van der Waals surface area contributed by atoms with Gasteiger partial charge in [0.1, 0.15) is 17.4 Å². The number of rotatable bonds is 4. The number of alkyl halides is 3. The van der Waals surface area contributed by atoms with Gasteiger partial charge >= 0.3 is 12.3 Å². The third-order valence-electron chi connectivity index (χ3n) is 4.61. The number of non-ortho nitro benzene ring substituents is 1. The van der Waals surface area contributed by atoms with Crippen LogP contribution in [0.5, 0.6) is 5.75 Å². The topological polar surface area (TPSA) is 112 Å². The van der Waals surface area contributed by atoms with Gasteiger partial charge in [-0.25, -0.2) is 4.79 Å². The standard InChI is InChI=1S/C18H15F3N2O6/c19-18(20,21)14-8-10(9-22-16(14)24)13-2-1-3-15(13)29-17(25)28-12-6-4-11(5-7-12)23(26)27/h4-9,13,15H,1-3H2,(H,22,24)/t13-,15+/m1/s1. The van der Waals surface area contributed by atoms with E-state index in [1.165, 1.54) is 18.3 Å². The molecule has 1 saturated carbocycles. The van der Waals surface area contributed by atoms with Crippen LogP contribution in [0.25, 0.3) is 0 Å². The zero-order valence-electron chi connectivity index (χ0n) is 14.8. The van der Waals surface area contributed by atoms with E-state index >= 15 is 0 Å². The van der Waals surface area contributed by atoms with Gasteiger partial charge in [0.25, 0.3) is 11.2 Å². The maximum Gasteiger partial charge on any atom is 0.514 e. The first kappa shape index (κ1) is 20.4. The minimum absolute atomic E-state index is 0.0264. The fraction of sp³-hybridized carbons (Fsp3) is 0.333. The number of carbonyl (C=O) groups excluding carboxylic acids is 1. The Morgan fingerprint density at radius 1 is 1.21 bits per heavy atom. The molecule has 3 rings (SSSR count). The molecule has 1 N–H and O–H groups in total. The number of carbonyl (C=O) groups is 1. The lowest BCUT2D eigenvalue weighted by atomic mass is 9.96. The molecule has 1 fully saturated rings. The molecule has 1 heterocycles. The highest BCUT2D eigenvalue weighted by Crippen LogP contribution is 2.38. The molecule has 1 aromatic carbocycles. The summed E-state index contributed by atoms with van der Waals surface area (Å²) in [5.41, 5.74) is -2.52. The average Bonchev–Trinajstić information content (AvgIpc) is 3.09. The fourth-order valence-corrected chi connectivity index (χ4v) is 3.25. The second-order valence-corrected chi connectivity index (χ2v) is 6.47. The predicted octanol–water partition coefficient (Wildman–Crippen LogP) is 4.15. The van der Waals surface area contributed by atoms with Gasteiger partial charge in [-0.15, -0.1) is 0 Å². The molecule has 2 aromatic rings. The summed E-state index contributed by atoms with van der Waals surface area (Å²) in [6.45, 7) is 0. The van der Waals surface area contributed by atoms with Crippen LogP contribution in [-0.2, 0) is 10.9 Å². The highest BCUT2D eigenvalue weighted by Gasteiger charge is 2.37. The molecule has 154 valence electrons. The summed E-state index contributed by atoms with van der Waals surface area (Å²) < 4.78 is 49.1. The molecule has 0 aliphatic heterocycles. The molecule has 29 heavy (non-hydrogen) atoms. The van der Waals surface area contributed by atoms with Crippen molar-refractivity contribution >= 4 is 11.8 Å². The van der Waals surface area contributed by atoms with E-state index in [1.54, 1.807) is 0 Å². The van der Waals surface area contributed by atoms with E-state index in [4.69, 9.17) is 9.47 Å². The molecule has 1 aromatic heterocycles. The van der Waals surface area contributed by atoms with Crippen molar-refractivity contribution in [2.75, 3.05) is 0 Å². The second kappa shape index (κ2) is 7.94.